The van der Waals surface area contributed by atoms with Crippen LogP contribution in [0.15, 0.2) is 24.3 Å². The first-order valence-electron chi connectivity index (χ1n) is 5.15. The number of thiophene rings is 1. The van der Waals surface area contributed by atoms with E-state index in [1.807, 2.05) is 25.2 Å². The normalized spacial score (nSPS) is 12.3. The van der Waals surface area contributed by atoms with E-state index in [1.54, 1.807) is 0 Å². The van der Waals surface area contributed by atoms with E-state index in [2.05, 4.69) is 31.2 Å². The fourth-order valence-electron chi connectivity index (χ4n) is 1.84. The van der Waals surface area contributed by atoms with Crippen molar-refractivity contribution < 1.29 is 5.11 Å². The summed E-state index contributed by atoms with van der Waals surface area (Å²) in [5.41, 5.74) is 0.575. The van der Waals surface area contributed by atoms with Gasteiger partial charge in [-0.25, -0.2) is 0 Å². The SMILES string of the molecule is Cc1cc2cc(CC(C)(C)O)ccc2s1. The summed E-state index contributed by atoms with van der Waals surface area (Å²) >= 11 is 1.82. The topological polar surface area (TPSA) is 20.2 Å². The van der Waals surface area contributed by atoms with Gasteiger partial charge in [-0.3, -0.25) is 0 Å². The predicted octanol–water partition coefficient (Wildman–Crippen LogP) is 3.52. The van der Waals surface area contributed by atoms with E-state index >= 15 is 0 Å². The molecule has 1 aromatic heterocycles. The van der Waals surface area contributed by atoms with Crippen molar-refractivity contribution in [2.45, 2.75) is 32.8 Å². The quantitative estimate of drug-likeness (QED) is 0.821. The Labute approximate surface area is 94.4 Å². The van der Waals surface area contributed by atoms with E-state index < -0.39 is 5.60 Å². The van der Waals surface area contributed by atoms with E-state index in [4.69, 9.17) is 0 Å². The molecular weight excluding hydrogens is 204 g/mol. The molecule has 1 aromatic carbocycles. The largest absolute Gasteiger partial charge is 0.390 e. The second kappa shape index (κ2) is 3.62. The predicted molar refractivity (Wildman–Crippen MR) is 66.6 cm³/mol. The average molecular weight is 220 g/mol. The highest BCUT2D eigenvalue weighted by Crippen LogP contribution is 2.26. The van der Waals surface area contributed by atoms with Crippen LogP contribution in [0.2, 0.25) is 0 Å². The molecule has 1 nitrogen and oxygen atoms in total. The van der Waals surface area contributed by atoms with Gasteiger partial charge in [0.1, 0.15) is 0 Å². The number of aryl methyl sites for hydroxylation is 1. The van der Waals surface area contributed by atoms with Crippen molar-refractivity contribution in [3.05, 3.63) is 34.7 Å². The highest BCUT2D eigenvalue weighted by molar-refractivity contribution is 7.19. The number of aliphatic hydroxyl groups is 1. The van der Waals surface area contributed by atoms with Gasteiger partial charge in [0, 0.05) is 16.0 Å². The van der Waals surface area contributed by atoms with Gasteiger partial charge in [0.25, 0.3) is 0 Å². The summed E-state index contributed by atoms with van der Waals surface area (Å²) in [5.74, 6) is 0. The Bertz CT molecular complexity index is 477. The number of hydrogen-bond donors (Lipinski definition) is 1. The minimum Gasteiger partial charge on any atom is -0.390 e. The number of hydrogen-bond acceptors (Lipinski definition) is 2. The third-order valence-electron chi connectivity index (χ3n) is 2.34. The molecule has 2 rings (SSSR count). The summed E-state index contributed by atoms with van der Waals surface area (Å²) in [6.07, 6.45) is 0.706. The minimum absolute atomic E-state index is 0.626. The van der Waals surface area contributed by atoms with Gasteiger partial charge >= 0.3 is 0 Å². The van der Waals surface area contributed by atoms with Crippen LogP contribution in [0.1, 0.15) is 24.3 Å². The second-order valence-electron chi connectivity index (χ2n) is 4.72. The van der Waals surface area contributed by atoms with Crippen LogP contribution in [0.4, 0.5) is 0 Å². The number of fused-ring (bicyclic) bond motifs is 1. The molecule has 0 unspecified atom stereocenters. The Morgan fingerprint density at radius 2 is 2.00 bits per heavy atom. The smallest absolute Gasteiger partial charge is 0.0631 e. The van der Waals surface area contributed by atoms with Crippen LogP contribution in [0.5, 0.6) is 0 Å². The Hall–Kier alpha value is -0.860. The van der Waals surface area contributed by atoms with E-state index in [1.165, 1.54) is 20.5 Å². The average Bonchev–Trinajstić information content (AvgIpc) is 2.40. The first kappa shape index (κ1) is 10.7. The highest BCUT2D eigenvalue weighted by atomic mass is 32.1. The molecule has 0 aliphatic rings. The zero-order valence-corrected chi connectivity index (χ0v) is 10.2. The van der Waals surface area contributed by atoms with Crippen molar-refractivity contribution >= 4 is 21.4 Å². The molecule has 0 saturated carbocycles. The van der Waals surface area contributed by atoms with E-state index in [0.29, 0.717) is 6.42 Å². The molecule has 1 heterocycles. The molecule has 2 heteroatoms. The maximum Gasteiger partial charge on any atom is 0.0631 e. The lowest BCUT2D eigenvalue weighted by molar-refractivity contribution is 0.0810. The van der Waals surface area contributed by atoms with Crippen molar-refractivity contribution in [2.24, 2.45) is 0 Å². The fraction of sp³-hybridized carbons (Fsp3) is 0.385. The molecule has 0 radical (unpaired) electrons. The van der Waals surface area contributed by atoms with E-state index in [-0.39, 0.29) is 0 Å². The van der Waals surface area contributed by atoms with Gasteiger partial charge in [-0.2, -0.15) is 0 Å². The molecule has 0 spiro atoms. The maximum absolute atomic E-state index is 9.75. The summed E-state index contributed by atoms with van der Waals surface area (Å²) in [6.45, 7) is 5.81. The Morgan fingerprint density at radius 1 is 1.27 bits per heavy atom. The van der Waals surface area contributed by atoms with Gasteiger partial charge in [-0.15, -0.1) is 11.3 Å². The number of rotatable bonds is 2. The molecule has 0 aliphatic carbocycles. The Morgan fingerprint density at radius 3 is 2.67 bits per heavy atom. The lowest BCUT2D eigenvalue weighted by Crippen LogP contribution is -2.21. The molecular formula is C13H16OS. The molecule has 0 amide bonds. The fourth-order valence-corrected chi connectivity index (χ4v) is 2.74. The summed E-state index contributed by atoms with van der Waals surface area (Å²) in [5, 5.41) is 11.0. The van der Waals surface area contributed by atoms with Crippen LogP contribution in [0.25, 0.3) is 10.1 Å². The molecule has 0 aliphatic heterocycles. The molecule has 0 fully saturated rings. The van der Waals surface area contributed by atoms with Crippen LogP contribution in [-0.4, -0.2) is 10.7 Å². The van der Waals surface area contributed by atoms with Crippen molar-refractivity contribution in [3.8, 4) is 0 Å². The van der Waals surface area contributed by atoms with Crippen LogP contribution in [0.3, 0.4) is 0 Å². The van der Waals surface area contributed by atoms with Crippen molar-refractivity contribution in [1.29, 1.82) is 0 Å². The third-order valence-corrected chi connectivity index (χ3v) is 3.37. The number of benzene rings is 1. The van der Waals surface area contributed by atoms with Crippen molar-refractivity contribution in [2.75, 3.05) is 0 Å². The maximum atomic E-state index is 9.75. The summed E-state index contributed by atoms with van der Waals surface area (Å²) in [4.78, 5) is 1.34. The molecule has 0 bridgehead atoms. The summed E-state index contributed by atoms with van der Waals surface area (Å²) < 4.78 is 1.33. The van der Waals surface area contributed by atoms with Gasteiger partial charge in [0.15, 0.2) is 0 Å². The third kappa shape index (κ3) is 2.58. The summed E-state index contributed by atoms with van der Waals surface area (Å²) in [7, 11) is 0. The van der Waals surface area contributed by atoms with E-state index in [0.717, 1.165) is 0 Å². The minimum atomic E-state index is -0.626. The van der Waals surface area contributed by atoms with Gasteiger partial charge in [-0.05, 0) is 43.9 Å². The van der Waals surface area contributed by atoms with Crippen LogP contribution < -0.4 is 0 Å². The molecule has 80 valence electrons. The highest BCUT2D eigenvalue weighted by Gasteiger charge is 2.13. The molecule has 1 N–H and O–H groups in total. The zero-order valence-electron chi connectivity index (χ0n) is 9.37. The van der Waals surface area contributed by atoms with Crippen molar-refractivity contribution in [1.82, 2.24) is 0 Å². The van der Waals surface area contributed by atoms with E-state index in [9.17, 15) is 5.11 Å². The first-order chi connectivity index (χ1) is 6.94. The standard InChI is InChI=1S/C13H16OS/c1-9-6-11-7-10(8-13(2,3)14)4-5-12(11)15-9/h4-7,14H,8H2,1-3H3. The van der Waals surface area contributed by atoms with Crippen LogP contribution in [-0.2, 0) is 6.42 Å². The van der Waals surface area contributed by atoms with Crippen LogP contribution >= 0.6 is 11.3 Å². The van der Waals surface area contributed by atoms with Gasteiger partial charge in [0.2, 0.25) is 0 Å². The molecule has 2 aromatic rings. The zero-order chi connectivity index (χ0) is 11.1. The van der Waals surface area contributed by atoms with Gasteiger partial charge < -0.3 is 5.11 Å². The van der Waals surface area contributed by atoms with Gasteiger partial charge in [0.05, 0.1) is 5.60 Å². The monoisotopic (exact) mass is 220 g/mol. The molecule has 0 saturated heterocycles. The Balaban J connectivity index is 2.38. The second-order valence-corrected chi connectivity index (χ2v) is 6.01. The first-order valence-corrected chi connectivity index (χ1v) is 5.97. The summed E-state index contributed by atoms with van der Waals surface area (Å²) in [6, 6.07) is 8.63. The lowest BCUT2D eigenvalue weighted by atomic mass is 9.98. The lowest BCUT2D eigenvalue weighted by Gasteiger charge is -2.16. The van der Waals surface area contributed by atoms with Gasteiger partial charge in [-0.1, -0.05) is 12.1 Å². The molecule has 15 heavy (non-hydrogen) atoms. The Kier molecular flexibility index (Phi) is 2.57. The van der Waals surface area contributed by atoms with Crippen LogP contribution in [0, 0.1) is 6.92 Å². The molecule has 0 atom stereocenters. The van der Waals surface area contributed by atoms with Crippen molar-refractivity contribution in [3.63, 3.8) is 0 Å².